The van der Waals surface area contributed by atoms with E-state index in [1.165, 1.54) is 24.1 Å². The van der Waals surface area contributed by atoms with Crippen LogP contribution < -0.4 is 10.5 Å². The molecule has 0 aliphatic carbocycles. The Kier molecular flexibility index (Phi) is 3.12. The van der Waals surface area contributed by atoms with Crippen LogP contribution in [-0.2, 0) is 17.1 Å². The monoisotopic (exact) mass is 285 g/mol. The van der Waals surface area contributed by atoms with Crippen LogP contribution in [0, 0.1) is 0 Å². The predicted octanol–water partition coefficient (Wildman–Crippen LogP) is -0.961. The summed E-state index contributed by atoms with van der Waals surface area (Å²) in [5, 5.41) is 21.3. The Bertz CT molecular complexity index is 701. The van der Waals surface area contributed by atoms with Crippen molar-refractivity contribution in [2.45, 2.75) is 4.90 Å². The molecule has 2 rings (SSSR count). The summed E-state index contributed by atoms with van der Waals surface area (Å²) in [6, 6.07) is 0. The van der Waals surface area contributed by atoms with E-state index in [9.17, 15) is 8.42 Å². The number of H-pyrrole nitrogens is 1. The maximum atomic E-state index is 12.0. The van der Waals surface area contributed by atoms with E-state index in [2.05, 4.69) is 25.2 Å². The fourth-order valence-corrected chi connectivity index (χ4v) is 2.39. The third-order valence-electron chi connectivity index (χ3n) is 2.34. The van der Waals surface area contributed by atoms with E-state index in [4.69, 9.17) is 10.9 Å². The molecule has 0 amide bonds. The van der Waals surface area contributed by atoms with Crippen LogP contribution in [0.15, 0.2) is 28.6 Å². The third kappa shape index (κ3) is 2.35. The summed E-state index contributed by atoms with van der Waals surface area (Å²) in [6.45, 7) is 0. The molecule has 0 aromatic carbocycles. The number of hydrogen-bond donors (Lipinski definition) is 4. The first-order valence-electron chi connectivity index (χ1n) is 4.97. The van der Waals surface area contributed by atoms with Gasteiger partial charge in [-0.3, -0.25) is 14.5 Å². The Morgan fingerprint density at radius 2 is 2.32 bits per heavy atom. The van der Waals surface area contributed by atoms with Crippen molar-refractivity contribution in [2.75, 3.05) is 4.72 Å². The van der Waals surface area contributed by atoms with Crippen molar-refractivity contribution in [3.8, 4) is 0 Å². The van der Waals surface area contributed by atoms with Crippen LogP contribution in [0.1, 0.15) is 5.56 Å². The zero-order valence-electron chi connectivity index (χ0n) is 9.77. The van der Waals surface area contributed by atoms with Crippen LogP contribution in [0.5, 0.6) is 0 Å². The SMILES string of the molecule is Cn1ncc(C(N)=NO)c1NS(=O)(=O)c1cn[nH]c1. The lowest BCUT2D eigenvalue weighted by atomic mass is 10.3. The normalized spacial score (nSPS) is 12.6. The highest BCUT2D eigenvalue weighted by atomic mass is 32.2. The largest absolute Gasteiger partial charge is 0.409 e. The van der Waals surface area contributed by atoms with Gasteiger partial charge in [-0.15, -0.1) is 0 Å². The average molecular weight is 285 g/mol. The van der Waals surface area contributed by atoms with Crippen LogP contribution in [0.4, 0.5) is 5.82 Å². The molecule has 0 saturated carbocycles. The molecule has 2 heterocycles. The van der Waals surface area contributed by atoms with Crippen LogP contribution in [0.2, 0.25) is 0 Å². The molecule has 10 nitrogen and oxygen atoms in total. The molecule has 2 aromatic heterocycles. The molecule has 0 unspecified atom stereocenters. The fraction of sp³-hybridized carbons (Fsp3) is 0.125. The molecule has 0 spiro atoms. The number of anilines is 1. The number of nitrogens with zero attached hydrogens (tertiary/aromatic N) is 4. The summed E-state index contributed by atoms with van der Waals surface area (Å²) in [4.78, 5) is -0.0424. The summed E-state index contributed by atoms with van der Waals surface area (Å²) in [6.07, 6.45) is 3.66. The summed E-state index contributed by atoms with van der Waals surface area (Å²) in [5.41, 5.74) is 5.60. The number of aromatic nitrogens is 4. The maximum absolute atomic E-state index is 12.0. The molecule has 5 N–H and O–H groups in total. The number of aryl methyl sites for hydroxylation is 1. The molecule has 102 valence electrons. The summed E-state index contributed by atoms with van der Waals surface area (Å²) < 4.78 is 27.6. The highest BCUT2D eigenvalue weighted by Crippen LogP contribution is 2.18. The predicted molar refractivity (Wildman–Crippen MR) is 65.1 cm³/mol. The standard InChI is InChI=1S/C8H11N7O3S/c1-15-8(6(4-12-15)7(9)13-16)14-19(17,18)5-2-10-11-3-5/h2-4,14,16H,1H3,(H2,9,13)(H,10,11). The van der Waals surface area contributed by atoms with Crippen molar-refractivity contribution < 1.29 is 13.6 Å². The minimum Gasteiger partial charge on any atom is -0.409 e. The highest BCUT2D eigenvalue weighted by Gasteiger charge is 2.21. The molecule has 19 heavy (non-hydrogen) atoms. The van der Waals surface area contributed by atoms with E-state index < -0.39 is 10.0 Å². The fourth-order valence-electron chi connectivity index (χ4n) is 1.37. The molecule has 0 aliphatic rings. The first-order chi connectivity index (χ1) is 8.95. The maximum Gasteiger partial charge on any atom is 0.266 e. The van der Waals surface area contributed by atoms with E-state index in [0.717, 1.165) is 6.20 Å². The summed E-state index contributed by atoms with van der Waals surface area (Å²) in [5.74, 6) is -0.172. The number of rotatable bonds is 4. The zero-order chi connectivity index (χ0) is 14.0. The molecule has 0 aliphatic heterocycles. The van der Waals surface area contributed by atoms with Gasteiger partial charge in [-0.05, 0) is 0 Å². The Morgan fingerprint density at radius 3 is 2.89 bits per heavy atom. The Morgan fingerprint density at radius 1 is 1.58 bits per heavy atom. The van der Waals surface area contributed by atoms with Gasteiger partial charge in [0.1, 0.15) is 10.7 Å². The van der Waals surface area contributed by atoms with Crippen molar-refractivity contribution in [3.05, 3.63) is 24.2 Å². The zero-order valence-corrected chi connectivity index (χ0v) is 10.6. The third-order valence-corrected chi connectivity index (χ3v) is 3.64. The van der Waals surface area contributed by atoms with Crippen LogP contribution >= 0.6 is 0 Å². The van der Waals surface area contributed by atoms with Gasteiger partial charge in [0.15, 0.2) is 5.84 Å². The van der Waals surface area contributed by atoms with Crippen molar-refractivity contribution >= 4 is 21.7 Å². The van der Waals surface area contributed by atoms with Crippen LogP contribution in [0.3, 0.4) is 0 Å². The second-order valence-corrected chi connectivity index (χ2v) is 5.24. The van der Waals surface area contributed by atoms with E-state index in [1.54, 1.807) is 0 Å². The van der Waals surface area contributed by atoms with Crippen molar-refractivity contribution in [2.24, 2.45) is 17.9 Å². The minimum atomic E-state index is -3.82. The van der Waals surface area contributed by atoms with Gasteiger partial charge in [-0.2, -0.15) is 10.2 Å². The molecule has 0 bridgehead atoms. The lowest BCUT2D eigenvalue weighted by molar-refractivity contribution is 0.318. The molecular weight excluding hydrogens is 274 g/mol. The highest BCUT2D eigenvalue weighted by molar-refractivity contribution is 7.92. The number of sulfonamides is 1. The number of nitrogens with one attached hydrogen (secondary N) is 2. The van der Waals surface area contributed by atoms with E-state index in [-0.39, 0.29) is 22.1 Å². The van der Waals surface area contributed by atoms with Gasteiger partial charge < -0.3 is 10.9 Å². The number of hydrogen-bond acceptors (Lipinski definition) is 6. The second kappa shape index (κ2) is 4.61. The Hall–Kier alpha value is -2.56. The quantitative estimate of drug-likeness (QED) is 0.246. The first-order valence-corrected chi connectivity index (χ1v) is 6.45. The number of amidine groups is 1. The topological polar surface area (TPSA) is 151 Å². The Balaban J connectivity index is 2.42. The van der Waals surface area contributed by atoms with Gasteiger partial charge in [-0.25, -0.2) is 8.42 Å². The van der Waals surface area contributed by atoms with Crippen molar-refractivity contribution in [1.82, 2.24) is 20.0 Å². The van der Waals surface area contributed by atoms with Crippen LogP contribution in [-0.4, -0.2) is 39.4 Å². The molecular formula is C8H11N7O3S. The van der Waals surface area contributed by atoms with Gasteiger partial charge in [-0.1, -0.05) is 5.16 Å². The van der Waals surface area contributed by atoms with Crippen molar-refractivity contribution in [1.29, 1.82) is 0 Å². The number of nitrogens with two attached hydrogens (primary N) is 1. The smallest absolute Gasteiger partial charge is 0.266 e. The molecule has 11 heteroatoms. The van der Waals surface area contributed by atoms with Crippen LogP contribution in [0.25, 0.3) is 0 Å². The van der Waals surface area contributed by atoms with Gasteiger partial charge in [0.05, 0.1) is 18.0 Å². The van der Waals surface area contributed by atoms with E-state index in [1.807, 2.05) is 0 Å². The van der Waals surface area contributed by atoms with E-state index >= 15 is 0 Å². The number of aromatic amines is 1. The lowest BCUT2D eigenvalue weighted by Gasteiger charge is -2.08. The lowest BCUT2D eigenvalue weighted by Crippen LogP contribution is -2.20. The average Bonchev–Trinajstić information content (AvgIpc) is 3.00. The van der Waals surface area contributed by atoms with Gasteiger partial charge in [0.25, 0.3) is 10.0 Å². The minimum absolute atomic E-state index is 0.0424. The molecule has 2 aromatic rings. The summed E-state index contributed by atoms with van der Waals surface area (Å²) >= 11 is 0. The van der Waals surface area contributed by atoms with Gasteiger partial charge in [0.2, 0.25) is 0 Å². The Labute approximate surface area is 108 Å². The molecule has 0 radical (unpaired) electrons. The van der Waals surface area contributed by atoms with Gasteiger partial charge >= 0.3 is 0 Å². The second-order valence-electron chi connectivity index (χ2n) is 3.56. The van der Waals surface area contributed by atoms with E-state index in [0.29, 0.717) is 0 Å². The molecule has 0 saturated heterocycles. The first kappa shape index (κ1) is 12.9. The van der Waals surface area contributed by atoms with Crippen molar-refractivity contribution in [3.63, 3.8) is 0 Å². The number of oxime groups is 1. The van der Waals surface area contributed by atoms with Gasteiger partial charge in [0, 0.05) is 13.2 Å². The molecule has 0 fully saturated rings. The summed E-state index contributed by atoms with van der Waals surface area (Å²) in [7, 11) is -2.31. The molecule has 0 atom stereocenters.